The van der Waals surface area contributed by atoms with Crippen LogP contribution in [0.25, 0.3) is 0 Å². The second kappa shape index (κ2) is 11.5. The Morgan fingerprint density at radius 1 is 1.00 bits per heavy atom. The van der Waals surface area contributed by atoms with Gasteiger partial charge in [-0.05, 0) is 39.2 Å². The molecule has 0 bridgehead atoms. The molecule has 1 atom stereocenters. The van der Waals surface area contributed by atoms with Crippen LogP contribution < -0.4 is 5.73 Å². The second-order valence-corrected chi connectivity index (χ2v) is 5.59. The minimum atomic E-state index is 0.0166. The molecule has 0 rings (SSSR count). The van der Waals surface area contributed by atoms with Crippen LogP contribution in [0.15, 0.2) is 0 Å². The van der Waals surface area contributed by atoms with Gasteiger partial charge in [0, 0.05) is 26.6 Å². The first-order chi connectivity index (χ1) is 9.99. The van der Waals surface area contributed by atoms with E-state index in [-0.39, 0.29) is 18.4 Å². The fourth-order valence-corrected chi connectivity index (χ4v) is 2.56. The average molecular weight is 299 g/mol. The van der Waals surface area contributed by atoms with E-state index < -0.39 is 0 Å². The number of carbonyl (C=O) groups excluding carboxylic acids is 2. The molecule has 21 heavy (non-hydrogen) atoms. The lowest BCUT2D eigenvalue weighted by molar-refractivity contribution is -0.139. The van der Waals surface area contributed by atoms with Gasteiger partial charge >= 0.3 is 0 Å². The SMILES string of the molecule is CCCC(CCN)CCC(=O)N(C)CC(=O)N(CC)CC. The van der Waals surface area contributed by atoms with Crippen molar-refractivity contribution in [3.63, 3.8) is 0 Å². The maximum atomic E-state index is 12.1. The summed E-state index contributed by atoms with van der Waals surface area (Å²) in [6.45, 7) is 8.28. The van der Waals surface area contributed by atoms with E-state index in [0.29, 0.717) is 32.0 Å². The lowest BCUT2D eigenvalue weighted by Crippen LogP contribution is -2.41. The van der Waals surface area contributed by atoms with E-state index in [1.54, 1.807) is 16.8 Å². The van der Waals surface area contributed by atoms with Gasteiger partial charge in [-0.2, -0.15) is 0 Å². The highest BCUT2D eigenvalue weighted by Gasteiger charge is 2.17. The minimum absolute atomic E-state index is 0.0166. The maximum absolute atomic E-state index is 12.1. The molecular weight excluding hydrogens is 266 g/mol. The largest absolute Gasteiger partial charge is 0.342 e. The predicted molar refractivity (Wildman–Crippen MR) is 86.9 cm³/mol. The zero-order valence-electron chi connectivity index (χ0n) is 14.2. The molecule has 5 nitrogen and oxygen atoms in total. The van der Waals surface area contributed by atoms with Gasteiger partial charge in [-0.15, -0.1) is 0 Å². The molecule has 0 radical (unpaired) electrons. The number of hydrogen-bond acceptors (Lipinski definition) is 3. The van der Waals surface area contributed by atoms with Crippen LogP contribution in [0.4, 0.5) is 0 Å². The smallest absolute Gasteiger partial charge is 0.242 e. The van der Waals surface area contributed by atoms with E-state index in [2.05, 4.69) is 6.92 Å². The third kappa shape index (κ3) is 8.05. The fraction of sp³-hybridized carbons (Fsp3) is 0.875. The Kier molecular flexibility index (Phi) is 10.9. The van der Waals surface area contributed by atoms with Gasteiger partial charge in [0.1, 0.15) is 0 Å². The zero-order chi connectivity index (χ0) is 16.3. The van der Waals surface area contributed by atoms with Gasteiger partial charge in [0.2, 0.25) is 11.8 Å². The van der Waals surface area contributed by atoms with Crippen molar-refractivity contribution in [1.29, 1.82) is 0 Å². The molecule has 124 valence electrons. The Bertz CT molecular complexity index is 298. The van der Waals surface area contributed by atoms with E-state index >= 15 is 0 Å². The summed E-state index contributed by atoms with van der Waals surface area (Å²) in [5.74, 6) is 0.590. The van der Waals surface area contributed by atoms with Crippen LogP contribution in [0.2, 0.25) is 0 Å². The Morgan fingerprint density at radius 2 is 1.62 bits per heavy atom. The first-order valence-corrected chi connectivity index (χ1v) is 8.21. The van der Waals surface area contributed by atoms with Gasteiger partial charge in [0.15, 0.2) is 0 Å². The molecule has 0 heterocycles. The molecule has 0 saturated carbocycles. The van der Waals surface area contributed by atoms with Crippen molar-refractivity contribution in [2.24, 2.45) is 11.7 Å². The van der Waals surface area contributed by atoms with Crippen molar-refractivity contribution in [3.05, 3.63) is 0 Å². The normalized spacial score (nSPS) is 12.0. The molecular formula is C16H33N3O2. The van der Waals surface area contributed by atoms with Gasteiger partial charge in [-0.3, -0.25) is 9.59 Å². The molecule has 0 fully saturated rings. The number of likely N-dealkylation sites (N-methyl/N-ethyl adjacent to an activating group) is 2. The molecule has 0 spiro atoms. The number of hydrogen-bond donors (Lipinski definition) is 1. The van der Waals surface area contributed by atoms with E-state index in [1.807, 2.05) is 13.8 Å². The highest BCUT2D eigenvalue weighted by molar-refractivity contribution is 5.84. The number of amides is 2. The lowest BCUT2D eigenvalue weighted by Gasteiger charge is -2.24. The topological polar surface area (TPSA) is 66.6 Å². The minimum Gasteiger partial charge on any atom is -0.342 e. The monoisotopic (exact) mass is 299 g/mol. The van der Waals surface area contributed by atoms with Crippen LogP contribution >= 0.6 is 0 Å². The van der Waals surface area contributed by atoms with Crippen LogP contribution in [-0.2, 0) is 9.59 Å². The van der Waals surface area contributed by atoms with Crippen molar-refractivity contribution < 1.29 is 9.59 Å². The zero-order valence-corrected chi connectivity index (χ0v) is 14.2. The molecule has 0 saturated heterocycles. The van der Waals surface area contributed by atoms with E-state index in [1.165, 1.54) is 0 Å². The lowest BCUT2D eigenvalue weighted by atomic mass is 9.94. The van der Waals surface area contributed by atoms with E-state index in [9.17, 15) is 9.59 Å². The van der Waals surface area contributed by atoms with Gasteiger partial charge in [0.05, 0.1) is 6.54 Å². The summed E-state index contributed by atoms with van der Waals surface area (Å²) < 4.78 is 0. The molecule has 0 aromatic carbocycles. The Morgan fingerprint density at radius 3 is 2.10 bits per heavy atom. The standard InChI is InChI=1S/C16H33N3O2/c1-5-8-14(11-12-17)9-10-15(20)18(4)13-16(21)19(6-2)7-3/h14H,5-13,17H2,1-4H3. The Labute approximate surface area is 129 Å². The summed E-state index contributed by atoms with van der Waals surface area (Å²) in [7, 11) is 1.71. The fourth-order valence-electron chi connectivity index (χ4n) is 2.56. The summed E-state index contributed by atoms with van der Waals surface area (Å²) in [4.78, 5) is 27.4. The molecule has 0 aliphatic carbocycles. The number of nitrogens with two attached hydrogens (primary N) is 1. The van der Waals surface area contributed by atoms with Crippen molar-refractivity contribution in [2.75, 3.05) is 33.2 Å². The highest BCUT2D eigenvalue weighted by atomic mass is 16.2. The summed E-state index contributed by atoms with van der Waals surface area (Å²) in [5, 5.41) is 0. The third-order valence-corrected chi connectivity index (χ3v) is 3.95. The van der Waals surface area contributed by atoms with Crippen LogP contribution in [0.3, 0.4) is 0 Å². The summed E-state index contributed by atoms with van der Waals surface area (Å²) in [6.07, 6.45) is 4.59. The second-order valence-electron chi connectivity index (χ2n) is 5.59. The van der Waals surface area contributed by atoms with Gasteiger partial charge < -0.3 is 15.5 Å². The first-order valence-electron chi connectivity index (χ1n) is 8.21. The van der Waals surface area contributed by atoms with Gasteiger partial charge in [-0.25, -0.2) is 0 Å². The van der Waals surface area contributed by atoms with Crippen LogP contribution in [-0.4, -0.2) is 54.8 Å². The van der Waals surface area contributed by atoms with Crippen molar-refractivity contribution in [1.82, 2.24) is 9.80 Å². The van der Waals surface area contributed by atoms with Crippen LogP contribution in [0, 0.1) is 5.92 Å². The van der Waals surface area contributed by atoms with Crippen molar-refractivity contribution >= 4 is 11.8 Å². The predicted octanol–water partition coefficient (Wildman–Crippen LogP) is 1.86. The molecule has 5 heteroatoms. The Hall–Kier alpha value is -1.10. The van der Waals surface area contributed by atoms with Crippen LogP contribution in [0.1, 0.15) is 52.9 Å². The number of rotatable bonds is 11. The molecule has 0 aliphatic heterocycles. The quantitative estimate of drug-likeness (QED) is 0.633. The van der Waals surface area contributed by atoms with Crippen LogP contribution in [0.5, 0.6) is 0 Å². The van der Waals surface area contributed by atoms with Gasteiger partial charge in [-0.1, -0.05) is 19.8 Å². The molecule has 2 amide bonds. The van der Waals surface area contributed by atoms with Crippen molar-refractivity contribution in [2.45, 2.75) is 52.9 Å². The van der Waals surface area contributed by atoms with Crippen molar-refractivity contribution in [3.8, 4) is 0 Å². The number of nitrogens with zero attached hydrogens (tertiary/aromatic N) is 2. The van der Waals surface area contributed by atoms with E-state index in [4.69, 9.17) is 5.73 Å². The molecule has 0 aliphatic rings. The summed E-state index contributed by atoms with van der Waals surface area (Å²) in [5.41, 5.74) is 5.61. The third-order valence-electron chi connectivity index (χ3n) is 3.95. The first kappa shape index (κ1) is 19.9. The van der Waals surface area contributed by atoms with Gasteiger partial charge in [0.25, 0.3) is 0 Å². The highest BCUT2D eigenvalue weighted by Crippen LogP contribution is 2.17. The molecule has 1 unspecified atom stereocenters. The van der Waals surface area contributed by atoms with E-state index in [0.717, 1.165) is 25.7 Å². The Balaban J connectivity index is 4.22. The number of carbonyl (C=O) groups is 2. The average Bonchev–Trinajstić information content (AvgIpc) is 2.46. The maximum Gasteiger partial charge on any atom is 0.242 e. The summed E-state index contributed by atoms with van der Waals surface area (Å²) >= 11 is 0. The molecule has 0 aromatic heterocycles. The summed E-state index contributed by atoms with van der Waals surface area (Å²) in [6, 6.07) is 0. The molecule has 0 aromatic rings. The molecule has 2 N–H and O–H groups in total.